The van der Waals surface area contributed by atoms with Crippen molar-refractivity contribution in [3.8, 4) is 0 Å². The molecule has 1 aliphatic rings. The Kier molecular flexibility index (Phi) is 3.98. The van der Waals surface area contributed by atoms with Crippen molar-refractivity contribution >= 4 is 23.5 Å². The van der Waals surface area contributed by atoms with Gasteiger partial charge in [-0.3, -0.25) is 0 Å². The molecule has 1 N–H and O–H groups in total. The molecule has 1 fully saturated rings. The molecular weight excluding hydrogens is 283 g/mol. The van der Waals surface area contributed by atoms with Crippen molar-refractivity contribution in [1.82, 2.24) is 15.0 Å². The molecule has 0 radical (unpaired) electrons. The molecule has 1 aliphatic heterocycles. The zero-order valence-corrected chi connectivity index (χ0v) is 11.0. The van der Waals surface area contributed by atoms with Crippen LogP contribution in [0.15, 0.2) is 0 Å². The largest absolute Gasteiger partial charge is 0.391 e. The molecule has 19 heavy (non-hydrogen) atoms. The normalized spacial score (nSPS) is 17.6. The molecule has 106 valence electrons. The van der Waals surface area contributed by atoms with E-state index in [0.717, 1.165) is 0 Å². The first kappa shape index (κ1) is 14.1. The molecule has 0 unspecified atom stereocenters. The number of alkyl halides is 3. The van der Waals surface area contributed by atoms with Gasteiger partial charge in [-0.15, -0.1) is 0 Å². The van der Waals surface area contributed by atoms with E-state index in [0.29, 0.717) is 11.9 Å². The van der Waals surface area contributed by atoms with Crippen molar-refractivity contribution in [2.45, 2.75) is 19.0 Å². The van der Waals surface area contributed by atoms with Crippen molar-refractivity contribution < 1.29 is 13.2 Å². The molecule has 1 aromatic heterocycles. The lowest BCUT2D eigenvalue weighted by molar-refractivity contribution is -0.179. The topological polar surface area (TPSA) is 53.9 Å². The van der Waals surface area contributed by atoms with Crippen LogP contribution in [0.2, 0.25) is 5.28 Å². The standard InChI is InChI=1S/C10H13ClF3N5/c1-15-8-16-7(11)17-9(18-8)19-4-2-6(3-5-19)10(12,13)14/h6H,2-5H2,1H3,(H,15,16,17,18). The highest BCUT2D eigenvalue weighted by molar-refractivity contribution is 6.28. The van der Waals surface area contributed by atoms with Crippen LogP contribution in [0.25, 0.3) is 0 Å². The summed E-state index contributed by atoms with van der Waals surface area (Å²) in [6, 6.07) is 0. The molecule has 9 heteroatoms. The van der Waals surface area contributed by atoms with Gasteiger partial charge < -0.3 is 10.2 Å². The molecule has 0 aromatic carbocycles. The molecule has 2 heterocycles. The number of halogens is 4. The molecule has 2 rings (SSSR count). The van der Waals surface area contributed by atoms with Crippen LogP contribution in [0.3, 0.4) is 0 Å². The highest BCUT2D eigenvalue weighted by Crippen LogP contribution is 2.34. The number of nitrogens with one attached hydrogen (secondary N) is 1. The summed E-state index contributed by atoms with van der Waals surface area (Å²) < 4.78 is 37.7. The Morgan fingerprint density at radius 3 is 2.37 bits per heavy atom. The average molecular weight is 296 g/mol. The lowest BCUT2D eigenvalue weighted by atomic mass is 9.96. The van der Waals surface area contributed by atoms with Gasteiger partial charge in [-0.25, -0.2) is 0 Å². The van der Waals surface area contributed by atoms with Gasteiger partial charge in [0.25, 0.3) is 0 Å². The number of anilines is 2. The van der Waals surface area contributed by atoms with Crippen LogP contribution in [0.1, 0.15) is 12.8 Å². The third kappa shape index (κ3) is 3.37. The first-order valence-corrected chi connectivity index (χ1v) is 6.19. The highest BCUT2D eigenvalue weighted by Gasteiger charge is 2.41. The molecule has 1 saturated heterocycles. The van der Waals surface area contributed by atoms with Crippen LogP contribution in [0.4, 0.5) is 25.1 Å². The molecule has 0 spiro atoms. The summed E-state index contributed by atoms with van der Waals surface area (Å²) in [7, 11) is 1.63. The van der Waals surface area contributed by atoms with E-state index >= 15 is 0 Å². The molecular formula is C10H13ClF3N5. The number of rotatable bonds is 2. The fraction of sp³-hybridized carbons (Fsp3) is 0.700. The summed E-state index contributed by atoms with van der Waals surface area (Å²) in [4.78, 5) is 13.5. The number of hydrogen-bond acceptors (Lipinski definition) is 5. The van der Waals surface area contributed by atoms with E-state index in [1.807, 2.05) is 0 Å². The Balaban J connectivity index is 2.07. The predicted molar refractivity (Wildman–Crippen MR) is 65.4 cm³/mol. The summed E-state index contributed by atoms with van der Waals surface area (Å²) in [6.07, 6.45) is -4.04. The SMILES string of the molecule is CNc1nc(Cl)nc(N2CCC(C(F)(F)F)CC2)n1. The summed E-state index contributed by atoms with van der Waals surface area (Å²) in [5, 5.41) is 2.75. The van der Waals surface area contributed by atoms with Gasteiger partial charge in [0.2, 0.25) is 17.2 Å². The molecule has 5 nitrogen and oxygen atoms in total. The summed E-state index contributed by atoms with van der Waals surface area (Å²) in [5.74, 6) is -0.636. The van der Waals surface area contributed by atoms with Gasteiger partial charge in [0.05, 0.1) is 5.92 Å². The molecule has 0 atom stereocenters. The number of nitrogens with zero attached hydrogens (tertiary/aromatic N) is 4. The second kappa shape index (κ2) is 5.36. The van der Waals surface area contributed by atoms with Crippen LogP contribution in [-0.4, -0.2) is 41.3 Å². The molecule has 0 amide bonds. The van der Waals surface area contributed by atoms with E-state index < -0.39 is 12.1 Å². The third-order valence-corrected chi connectivity index (χ3v) is 3.23. The second-order valence-electron chi connectivity index (χ2n) is 4.28. The number of aromatic nitrogens is 3. The van der Waals surface area contributed by atoms with Crippen molar-refractivity contribution in [2.24, 2.45) is 5.92 Å². The predicted octanol–water partition coefficient (Wildman–Crippen LogP) is 2.35. The van der Waals surface area contributed by atoms with E-state index in [1.54, 1.807) is 11.9 Å². The summed E-state index contributed by atoms with van der Waals surface area (Å²) >= 11 is 5.74. The first-order chi connectivity index (χ1) is 8.90. The fourth-order valence-electron chi connectivity index (χ4n) is 2.00. The third-order valence-electron chi connectivity index (χ3n) is 3.06. The van der Waals surface area contributed by atoms with Crippen molar-refractivity contribution in [2.75, 3.05) is 30.4 Å². The van der Waals surface area contributed by atoms with Crippen LogP contribution in [0.5, 0.6) is 0 Å². The Morgan fingerprint density at radius 2 is 1.84 bits per heavy atom. The first-order valence-electron chi connectivity index (χ1n) is 5.81. The fourth-order valence-corrected chi connectivity index (χ4v) is 2.16. The van der Waals surface area contributed by atoms with E-state index in [2.05, 4.69) is 20.3 Å². The lowest BCUT2D eigenvalue weighted by Gasteiger charge is -2.32. The van der Waals surface area contributed by atoms with E-state index in [9.17, 15) is 13.2 Å². The second-order valence-corrected chi connectivity index (χ2v) is 4.62. The van der Waals surface area contributed by atoms with Gasteiger partial charge in [0, 0.05) is 20.1 Å². The lowest BCUT2D eigenvalue weighted by Crippen LogP contribution is -2.39. The van der Waals surface area contributed by atoms with Gasteiger partial charge in [0.1, 0.15) is 0 Å². The molecule has 0 aliphatic carbocycles. The minimum atomic E-state index is -4.13. The molecule has 1 aromatic rings. The van der Waals surface area contributed by atoms with Crippen LogP contribution in [-0.2, 0) is 0 Å². The Morgan fingerprint density at radius 1 is 1.21 bits per heavy atom. The minimum absolute atomic E-state index is 0.0206. The van der Waals surface area contributed by atoms with E-state index in [4.69, 9.17) is 11.6 Å². The van der Waals surface area contributed by atoms with Gasteiger partial charge in [-0.2, -0.15) is 28.1 Å². The van der Waals surface area contributed by atoms with Gasteiger partial charge >= 0.3 is 6.18 Å². The smallest absolute Gasteiger partial charge is 0.357 e. The zero-order chi connectivity index (χ0) is 14.0. The van der Waals surface area contributed by atoms with Crippen LogP contribution < -0.4 is 10.2 Å². The zero-order valence-electron chi connectivity index (χ0n) is 10.2. The van der Waals surface area contributed by atoms with E-state index in [1.165, 1.54) is 0 Å². The number of piperidine rings is 1. The van der Waals surface area contributed by atoms with Gasteiger partial charge in [0.15, 0.2) is 0 Å². The van der Waals surface area contributed by atoms with Crippen LogP contribution in [0, 0.1) is 5.92 Å². The Bertz CT molecular complexity index is 445. The molecule has 0 bridgehead atoms. The molecule has 0 saturated carbocycles. The van der Waals surface area contributed by atoms with Crippen molar-refractivity contribution in [1.29, 1.82) is 0 Å². The maximum atomic E-state index is 12.6. The monoisotopic (exact) mass is 295 g/mol. The highest BCUT2D eigenvalue weighted by atomic mass is 35.5. The van der Waals surface area contributed by atoms with Crippen LogP contribution >= 0.6 is 11.6 Å². The van der Waals surface area contributed by atoms with E-state index in [-0.39, 0.29) is 31.2 Å². The minimum Gasteiger partial charge on any atom is -0.357 e. The maximum Gasteiger partial charge on any atom is 0.391 e. The van der Waals surface area contributed by atoms with Gasteiger partial charge in [-0.05, 0) is 24.4 Å². The maximum absolute atomic E-state index is 12.6. The summed E-state index contributed by atoms with van der Waals surface area (Å²) in [5.41, 5.74) is 0. The quantitative estimate of drug-likeness (QED) is 0.907. The van der Waals surface area contributed by atoms with Gasteiger partial charge in [-0.1, -0.05) is 0 Å². The van der Waals surface area contributed by atoms with Crippen molar-refractivity contribution in [3.05, 3.63) is 5.28 Å². The Hall–Kier alpha value is -1.31. The van der Waals surface area contributed by atoms with Crippen molar-refractivity contribution in [3.63, 3.8) is 0 Å². The summed E-state index contributed by atoms with van der Waals surface area (Å²) in [6.45, 7) is 0.515. The average Bonchev–Trinajstić information content (AvgIpc) is 2.37. The number of hydrogen-bond donors (Lipinski definition) is 1. The Labute approximate surface area is 113 Å².